The van der Waals surface area contributed by atoms with Crippen LogP contribution in [0.4, 0.5) is 18.9 Å². The van der Waals surface area contributed by atoms with Gasteiger partial charge in [0.2, 0.25) is 5.91 Å². The van der Waals surface area contributed by atoms with Crippen LogP contribution in [0.2, 0.25) is 0 Å². The summed E-state index contributed by atoms with van der Waals surface area (Å²) < 4.78 is 39.9. The topological polar surface area (TPSA) is 37.3 Å². The number of halogens is 3. The number of aromatic nitrogens is 1. The number of hydrogen-bond donors (Lipinski definition) is 1. The SMILES string of the molecule is CC.CC(=O)N1CCC(Nc2cccc3c2cc(C)n3CC(F)(F)F)CC1C. The Balaban J connectivity index is 0.00000136. The number of hydrogen-bond acceptors (Lipinski definition) is 2. The van der Waals surface area contributed by atoms with Crippen LogP contribution in [-0.4, -0.2) is 40.2 Å². The van der Waals surface area contributed by atoms with Crippen LogP contribution >= 0.6 is 0 Å². The molecule has 0 aliphatic carbocycles. The highest BCUT2D eigenvalue weighted by molar-refractivity contribution is 5.93. The van der Waals surface area contributed by atoms with E-state index in [1.54, 1.807) is 32.0 Å². The van der Waals surface area contributed by atoms with Crippen molar-refractivity contribution in [3.05, 3.63) is 30.0 Å². The number of likely N-dealkylation sites (tertiary alicyclic amines) is 1. The number of aryl methyl sites for hydroxylation is 1. The zero-order valence-electron chi connectivity index (χ0n) is 17.2. The fourth-order valence-electron chi connectivity index (χ4n) is 3.92. The molecule has 1 saturated heterocycles. The van der Waals surface area contributed by atoms with Crippen molar-refractivity contribution in [2.24, 2.45) is 0 Å². The summed E-state index contributed by atoms with van der Waals surface area (Å²) in [7, 11) is 0. The Hall–Kier alpha value is -2.18. The second kappa shape index (κ2) is 8.88. The van der Waals surface area contributed by atoms with Crippen molar-refractivity contribution in [2.75, 3.05) is 11.9 Å². The average Bonchev–Trinajstić information content (AvgIpc) is 2.92. The normalized spacial score (nSPS) is 19.9. The minimum atomic E-state index is -4.25. The molecule has 1 fully saturated rings. The molecule has 1 aromatic heterocycles. The van der Waals surface area contributed by atoms with E-state index in [2.05, 4.69) is 5.32 Å². The van der Waals surface area contributed by atoms with Crippen molar-refractivity contribution in [2.45, 2.75) is 72.3 Å². The lowest BCUT2D eigenvalue weighted by Gasteiger charge is -2.37. The number of piperidine rings is 1. The van der Waals surface area contributed by atoms with E-state index in [1.807, 2.05) is 31.7 Å². The van der Waals surface area contributed by atoms with Crippen LogP contribution in [0.25, 0.3) is 10.9 Å². The average molecular weight is 397 g/mol. The number of rotatable bonds is 3. The van der Waals surface area contributed by atoms with Gasteiger partial charge < -0.3 is 14.8 Å². The zero-order chi connectivity index (χ0) is 21.1. The Bertz CT molecular complexity index is 813. The number of fused-ring (bicyclic) bond motifs is 1. The fraction of sp³-hybridized carbons (Fsp3) is 0.571. The molecule has 1 aliphatic heterocycles. The van der Waals surface area contributed by atoms with E-state index in [-0.39, 0.29) is 18.0 Å². The highest BCUT2D eigenvalue weighted by Crippen LogP contribution is 2.31. The summed E-state index contributed by atoms with van der Waals surface area (Å²) in [6, 6.07) is 7.55. The van der Waals surface area contributed by atoms with Gasteiger partial charge in [0.05, 0.1) is 5.52 Å². The van der Waals surface area contributed by atoms with Gasteiger partial charge in [0, 0.05) is 42.3 Å². The second-order valence-corrected chi connectivity index (χ2v) is 7.15. The molecule has 4 nitrogen and oxygen atoms in total. The van der Waals surface area contributed by atoms with E-state index in [0.29, 0.717) is 17.8 Å². The molecule has 0 bridgehead atoms. The largest absolute Gasteiger partial charge is 0.406 e. The van der Waals surface area contributed by atoms with Gasteiger partial charge in [0.25, 0.3) is 0 Å². The summed E-state index contributed by atoms with van der Waals surface area (Å²) in [6.45, 7) is 9.01. The molecule has 3 rings (SSSR count). The second-order valence-electron chi connectivity index (χ2n) is 7.15. The van der Waals surface area contributed by atoms with Crippen LogP contribution in [-0.2, 0) is 11.3 Å². The number of nitrogens with zero attached hydrogens (tertiary/aromatic N) is 2. The number of anilines is 1. The van der Waals surface area contributed by atoms with Gasteiger partial charge in [0.15, 0.2) is 0 Å². The number of alkyl halides is 3. The quantitative estimate of drug-likeness (QED) is 0.758. The van der Waals surface area contributed by atoms with Gasteiger partial charge in [0.1, 0.15) is 6.54 Å². The van der Waals surface area contributed by atoms with E-state index in [1.165, 1.54) is 4.57 Å². The molecule has 2 unspecified atom stereocenters. The van der Waals surface area contributed by atoms with E-state index >= 15 is 0 Å². The van der Waals surface area contributed by atoms with Gasteiger partial charge in [-0.05, 0) is 44.9 Å². The summed E-state index contributed by atoms with van der Waals surface area (Å²) in [6.07, 6.45) is -2.62. The lowest BCUT2D eigenvalue weighted by molar-refractivity contribution is -0.140. The standard InChI is InChI=1S/C19H24F3N3O.C2H6/c1-12-9-15(7-8-24(12)14(3)26)23-17-5-4-6-18-16(17)10-13(2)25(18)11-19(20,21)22;1-2/h4-6,10,12,15,23H,7-9,11H2,1-3H3;1-2H3. The Morgan fingerprint density at radius 1 is 1.29 bits per heavy atom. The van der Waals surface area contributed by atoms with Crippen molar-refractivity contribution < 1.29 is 18.0 Å². The van der Waals surface area contributed by atoms with E-state index in [9.17, 15) is 18.0 Å². The lowest BCUT2D eigenvalue weighted by atomic mass is 9.97. The Morgan fingerprint density at radius 3 is 2.54 bits per heavy atom. The molecule has 0 radical (unpaired) electrons. The molecule has 0 spiro atoms. The first kappa shape index (κ1) is 22.1. The van der Waals surface area contributed by atoms with Crippen LogP contribution in [0.3, 0.4) is 0 Å². The molecular formula is C21H30F3N3O. The summed E-state index contributed by atoms with van der Waals surface area (Å²) in [5.74, 6) is 0.0814. The zero-order valence-corrected chi connectivity index (χ0v) is 17.2. The van der Waals surface area contributed by atoms with Gasteiger partial charge in [-0.3, -0.25) is 4.79 Å². The van der Waals surface area contributed by atoms with Crippen molar-refractivity contribution in [3.63, 3.8) is 0 Å². The predicted octanol–water partition coefficient (Wildman–Crippen LogP) is 5.35. The highest BCUT2D eigenvalue weighted by atomic mass is 19.4. The van der Waals surface area contributed by atoms with Crippen molar-refractivity contribution in [1.82, 2.24) is 9.47 Å². The number of benzene rings is 1. The summed E-state index contributed by atoms with van der Waals surface area (Å²) in [4.78, 5) is 13.5. The van der Waals surface area contributed by atoms with E-state index in [0.717, 1.165) is 23.9 Å². The number of carbonyl (C=O) groups excluding carboxylic acids is 1. The van der Waals surface area contributed by atoms with Gasteiger partial charge in [-0.25, -0.2) is 0 Å². The molecule has 2 aromatic rings. The summed E-state index contributed by atoms with van der Waals surface area (Å²) in [5.41, 5.74) is 2.02. The van der Waals surface area contributed by atoms with Crippen LogP contribution < -0.4 is 5.32 Å². The molecule has 1 aromatic carbocycles. The molecule has 2 atom stereocenters. The highest BCUT2D eigenvalue weighted by Gasteiger charge is 2.30. The molecule has 1 amide bonds. The van der Waals surface area contributed by atoms with E-state index in [4.69, 9.17) is 0 Å². The van der Waals surface area contributed by atoms with Gasteiger partial charge in [-0.1, -0.05) is 19.9 Å². The van der Waals surface area contributed by atoms with Gasteiger partial charge >= 0.3 is 6.18 Å². The maximum atomic E-state index is 12.9. The third-order valence-corrected chi connectivity index (χ3v) is 5.13. The molecule has 7 heteroatoms. The minimum absolute atomic E-state index is 0.0814. The molecule has 28 heavy (non-hydrogen) atoms. The Morgan fingerprint density at radius 2 is 1.96 bits per heavy atom. The van der Waals surface area contributed by atoms with Crippen LogP contribution in [0.15, 0.2) is 24.3 Å². The molecular weight excluding hydrogens is 367 g/mol. The molecule has 1 N–H and O–H groups in total. The lowest BCUT2D eigenvalue weighted by Crippen LogP contribution is -2.47. The first-order valence-electron chi connectivity index (χ1n) is 9.85. The van der Waals surface area contributed by atoms with Crippen LogP contribution in [0, 0.1) is 6.92 Å². The number of amides is 1. The van der Waals surface area contributed by atoms with Gasteiger partial charge in [-0.15, -0.1) is 0 Å². The Labute approximate surface area is 164 Å². The fourth-order valence-corrected chi connectivity index (χ4v) is 3.92. The number of nitrogens with one attached hydrogen (secondary N) is 1. The van der Waals surface area contributed by atoms with Crippen LogP contribution in [0.5, 0.6) is 0 Å². The number of carbonyl (C=O) groups is 1. The monoisotopic (exact) mass is 397 g/mol. The molecule has 2 heterocycles. The third kappa shape index (κ3) is 5.00. The first-order chi connectivity index (χ1) is 13.2. The van der Waals surface area contributed by atoms with Crippen LogP contribution in [0.1, 0.15) is 46.2 Å². The summed E-state index contributed by atoms with van der Waals surface area (Å²) >= 11 is 0. The first-order valence-corrected chi connectivity index (χ1v) is 9.85. The maximum absolute atomic E-state index is 12.9. The van der Waals surface area contributed by atoms with Crippen molar-refractivity contribution in [1.29, 1.82) is 0 Å². The van der Waals surface area contributed by atoms with E-state index < -0.39 is 12.7 Å². The van der Waals surface area contributed by atoms with Gasteiger partial charge in [-0.2, -0.15) is 13.2 Å². The smallest absolute Gasteiger partial charge is 0.382 e. The molecule has 0 saturated carbocycles. The Kier molecular flexibility index (Phi) is 7.01. The minimum Gasteiger partial charge on any atom is -0.382 e. The third-order valence-electron chi connectivity index (χ3n) is 5.13. The maximum Gasteiger partial charge on any atom is 0.406 e. The van der Waals surface area contributed by atoms with Crippen molar-refractivity contribution >= 4 is 22.5 Å². The summed E-state index contributed by atoms with van der Waals surface area (Å²) in [5, 5.41) is 4.29. The molecule has 156 valence electrons. The van der Waals surface area contributed by atoms with Crippen molar-refractivity contribution in [3.8, 4) is 0 Å². The molecule has 1 aliphatic rings. The predicted molar refractivity (Wildman–Crippen MR) is 108 cm³/mol.